The molecule has 0 fully saturated rings. The molecule has 1 rings (SSSR count). The van der Waals surface area contributed by atoms with Gasteiger partial charge in [-0.3, -0.25) is 4.79 Å². The molecule has 1 aromatic heterocycles. The van der Waals surface area contributed by atoms with Crippen molar-refractivity contribution in [2.45, 2.75) is 19.5 Å². The molecule has 1 heterocycles. The van der Waals surface area contributed by atoms with Crippen LogP contribution in [-0.2, 0) is 16.1 Å². The van der Waals surface area contributed by atoms with Crippen LogP contribution in [0, 0.1) is 10.1 Å². The van der Waals surface area contributed by atoms with Crippen LogP contribution >= 0.6 is 11.6 Å². The molecule has 0 saturated carbocycles. The molecule has 0 aliphatic carbocycles. The number of hydrogen-bond acceptors (Lipinski definition) is 5. The maximum atomic E-state index is 10.8. The van der Waals surface area contributed by atoms with Crippen molar-refractivity contribution in [1.82, 2.24) is 15.1 Å². The van der Waals surface area contributed by atoms with E-state index < -0.39 is 28.7 Å². The highest BCUT2D eigenvalue weighted by Crippen LogP contribution is 2.21. The highest BCUT2D eigenvalue weighted by atomic mass is 35.5. The molecule has 98 valence electrons. The largest absolute Gasteiger partial charge is 0.480 e. The number of carboxylic acids is 1. The molecule has 0 aromatic carbocycles. The fourth-order valence-corrected chi connectivity index (χ4v) is 1.44. The Morgan fingerprint density at radius 3 is 2.72 bits per heavy atom. The van der Waals surface area contributed by atoms with Crippen molar-refractivity contribution in [3.63, 3.8) is 0 Å². The average Bonchev–Trinajstić information content (AvgIpc) is 2.57. The number of nitrogens with one attached hydrogen (secondary N) is 1. The van der Waals surface area contributed by atoms with Crippen molar-refractivity contribution in [3.8, 4) is 0 Å². The fraction of sp³-hybridized carbons (Fsp3) is 0.375. The number of carboxylic acid groups (broad SMARTS) is 1. The van der Waals surface area contributed by atoms with Crippen molar-refractivity contribution in [1.29, 1.82) is 0 Å². The summed E-state index contributed by atoms with van der Waals surface area (Å²) in [6.45, 7) is 0.900. The Hall–Kier alpha value is -2.16. The highest BCUT2D eigenvalue weighted by Gasteiger charge is 2.24. The van der Waals surface area contributed by atoms with Crippen molar-refractivity contribution in [3.05, 3.63) is 21.3 Å². The van der Waals surface area contributed by atoms with Crippen LogP contribution in [0.2, 0.25) is 5.02 Å². The maximum absolute atomic E-state index is 10.8. The normalized spacial score (nSPS) is 11.9. The topological polar surface area (TPSA) is 127 Å². The Morgan fingerprint density at radius 2 is 2.33 bits per heavy atom. The molecule has 1 amide bonds. The van der Waals surface area contributed by atoms with Crippen molar-refractivity contribution < 1.29 is 19.6 Å². The Labute approximate surface area is 105 Å². The first-order chi connectivity index (χ1) is 8.31. The van der Waals surface area contributed by atoms with Crippen LogP contribution in [0.15, 0.2) is 6.20 Å². The zero-order valence-electron chi connectivity index (χ0n) is 9.16. The van der Waals surface area contributed by atoms with Crippen LogP contribution in [0.5, 0.6) is 0 Å². The summed E-state index contributed by atoms with van der Waals surface area (Å²) in [4.78, 5) is 31.3. The third-order valence-corrected chi connectivity index (χ3v) is 2.18. The third kappa shape index (κ3) is 3.42. The third-order valence-electron chi connectivity index (χ3n) is 1.92. The van der Waals surface area contributed by atoms with Gasteiger partial charge in [-0.05, 0) is 4.92 Å². The zero-order valence-corrected chi connectivity index (χ0v) is 9.92. The SMILES string of the molecule is CC(=O)NC(Cn1cc(Cl)c([N+](=O)[O-])n1)C(=O)O. The summed E-state index contributed by atoms with van der Waals surface area (Å²) in [6, 6.07) is -1.24. The molecule has 0 aliphatic heterocycles. The van der Waals surface area contributed by atoms with Gasteiger partial charge in [0.25, 0.3) is 0 Å². The van der Waals surface area contributed by atoms with Crippen LogP contribution < -0.4 is 5.32 Å². The lowest BCUT2D eigenvalue weighted by Crippen LogP contribution is -2.42. The average molecular weight is 277 g/mol. The lowest BCUT2D eigenvalue weighted by atomic mass is 10.3. The molecular formula is C8H9ClN4O5. The van der Waals surface area contributed by atoms with Crippen molar-refractivity contribution in [2.24, 2.45) is 0 Å². The van der Waals surface area contributed by atoms with Crippen LogP contribution in [0.3, 0.4) is 0 Å². The molecule has 18 heavy (non-hydrogen) atoms. The predicted molar refractivity (Wildman–Crippen MR) is 59.1 cm³/mol. The second-order valence-electron chi connectivity index (χ2n) is 3.37. The lowest BCUT2D eigenvalue weighted by molar-refractivity contribution is -0.389. The summed E-state index contributed by atoms with van der Waals surface area (Å²) < 4.78 is 0.995. The Morgan fingerprint density at radius 1 is 1.72 bits per heavy atom. The van der Waals surface area contributed by atoms with Gasteiger partial charge in [-0.2, -0.15) is 4.68 Å². The second-order valence-corrected chi connectivity index (χ2v) is 3.78. The molecule has 0 radical (unpaired) electrons. The summed E-state index contributed by atoms with van der Waals surface area (Å²) in [5, 5.41) is 24.8. The monoisotopic (exact) mass is 276 g/mol. The highest BCUT2D eigenvalue weighted by molar-refractivity contribution is 6.32. The van der Waals surface area contributed by atoms with Crippen LogP contribution in [0.4, 0.5) is 5.82 Å². The van der Waals surface area contributed by atoms with Gasteiger partial charge in [-0.15, -0.1) is 0 Å². The number of rotatable bonds is 5. The number of aromatic nitrogens is 2. The predicted octanol–water partition coefficient (Wildman–Crippen LogP) is 0.0340. The molecule has 1 unspecified atom stereocenters. The van der Waals surface area contributed by atoms with Crippen molar-refractivity contribution in [2.75, 3.05) is 0 Å². The minimum atomic E-state index is -1.28. The van der Waals surface area contributed by atoms with E-state index in [9.17, 15) is 19.7 Å². The Bertz CT molecular complexity index is 500. The number of amides is 1. The summed E-state index contributed by atoms with van der Waals surface area (Å²) in [5.41, 5.74) is 0. The minimum absolute atomic E-state index is 0.202. The van der Waals surface area contributed by atoms with Gasteiger partial charge < -0.3 is 20.5 Å². The van der Waals surface area contributed by atoms with Gasteiger partial charge in [0.15, 0.2) is 5.02 Å². The van der Waals surface area contributed by atoms with E-state index in [0.29, 0.717) is 0 Å². The van der Waals surface area contributed by atoms with E-state index in [1.165, 1.54) is 0 Å². The van der Waals surface area contributed by atoms with Gasteiger partial charge in [-0.25, -0.2) is 4.79 Å². The van der Waals surface area contributed by atoms with E-state index in [0.717, 1.165) is 17.8 Å². The molecule has 1 aromatic rings. The molecule has 0 aliphatic rings. The van der Waals surface area contributed by atoms with E-state index in [2.05, 4.69) is 10.4 Å². The van der Waals surface area contributed by atoms with E-state index >= 15 is 0 Å². The molecule has 10 heteroatoms. The van der Waals surface area contributed by atoms with E-state index in [-0.39, 0.29) is 11.6 Å². The zero-order chi connectivity index (χ0) is 13.9. The number of nitro groups is 1. The first-order valence-electron chi connectivity index (χ1n) is 4.68. The van der Waals surface area contributed by atoms with Gasteiger partial charge >= 0.3 is 11.8 Å². The molecule has 0 spiro atoms. The smallest absolute Gasteiger partial charge is 0.408 e. The summed E-state index contributed by atoms with van der Waals surface area (Å²) in [6.07, 6.45) is 1.12. The molecular weight excluding hydrogens is 268 g/mol. The van der Waals surface area contributed by atoms with Crippen LogP contribution in [0.1, 0.15) is 6.92 Å². The standard InChI is InChI=1S/C8H9ClN4O5/c1-4(14)10-6(8(15)16)3-12-2-5(9)7(11-12)13(17)18/h2,6H,3H2,1H3,(H,10,14)(H,15,16). The number of carbonyl (C=O) groups is 2. The quantitative estimate of drug-likeness (QED) is 0.577. The number of nitrogens with zero attached hydrogens (tertiary/aromatic N) is 3. The first-order valence-corrected chi connectivity index (χ1v) is 5.06. The number of halogens is 1. The van der Waals surface area contributed by atoms with Gasteiger partial charge in [0, 0.05) is 6.92 Å². The maximum Gasteiger partial charge on any atom is 0.408 e. The number of hydrogen-bond donors (Lipinski definition) is 2. The number of carbonyl (C=O) groups excluding carboxylic acids is 1. The summed E-state index contributed by atoms with van der Waals surface area (Å²) >= 11 is 5.55. The summed E-state index contributed by atoms with van der Waals surface area (Å²) in [7, 11) is 0. The molecule has 1 atom stereocenters. The Kier molecular flexibility index (Phi) is 4.21. The number of aliphatic carboxylic acids is 1. The van der Waals surface area contributed by atoms with Gasteiger partial charge in [0.1, 0.15) is 6.04 Å². The molecule has 0 bridgehead atoms. The van der Waals surface area contributed by atoms with Crippen LogP contribution in [0.25, 0.3) is 0 Å². The minimum Gasteiger partial charge on any atom is -0.480 e. The van der Waals surface area contributed by atoms with Crippen molar-refractivity contribution >= 4 is 29.3 Å². The fourth-order valence-electron chi connectivity index (χ4n) is 1.22. The molecule has 0 saturated heterocycles. The van der Waals surface area contributed by atoms with E-state index in [1.54, 1.807) is 0 Å². The summed E-state index contributed by atoms with van der Waals surface area (Å²) in [5.74, 6) is -2.38. The molecule has 9 nitrogen and oxygen atoms in total. The second kappa shape index (κ2) is 5.45. The van der Waals surface area contributed by atoms with E-state index in [1.807, 2.05) is 0 Å². The van der Waals surface area contributed by atoms with Crippen LogP contribution in [-0.4, -0.2) is 37.7 Å². The van der Waals surface area contributed by atoms with E-state index in [4.69, 9.17) is 16.7 Å². The Balaban J connectivity index is 2.87. The van der Waals surface area contributed by atoms with Gasteiger partial charge in [0.2, 0.25) is 5.91 Å². The van der Waals surface area contributed by atoms with Gasteiger partial charge in [-0.1, -0.05) is 11.6 Å². The molecule has 2 N–H and O–H groups in total. The van der Waals surface area contributed by atoms with Gasteiger partial charge in [0.05, 0.1) is 17.8 Å². The first kappa shape index (κ1) is 13.9. The lowest BCUT2D eigenvalue weighted by Gasteiger charge is -2.10.